The molecular weight excluding hydrogens is 314 g/mol. The van der Waals surface area contributed by atoms with Crippen molar-refractivity contribution in [1.29, 1.82) is 0 Å². The Hall–Kier alpha value is -2.53. The Morgan fingerprint density at radius 1 is 1.45 bits per heavy atom. The van der Waals surface area contributed by atoms with Crippen molar-refractivity contribution in [3.63, 3.8) is 0 Å². The minimum atomic E-state index is -0.704. The predicted octanol–water partition coefficient (Wildman–Crippen LogP) is -0.856. The number of ether oxygens (including phenoxy) is 1. The van der Waals surface area contributed by atoms with Crippen LogP contribution in [-0.2, 0) is 16.1 Å². The highest BCUT2D eigenvalue weighted by Gasteiger charge is 2.26. The molecule has 11 heteroatoms. The van der Waals surface area contributed by atoms with E-state index >= 15 is 0 Å². The van der Waals surface area contributed by atoms with Crippen LogP contribution < -0.4 is 10.9 Å². The number of aromatic amines is 1. The number of carbonyl (C=O) groups excluding carboxylic acids is 2. The molecule has 1 fully saturated rings. The van der Waals surface area contributed by atoms with Gasteiger partial charge in [-0.25, -0.2) is 9.80 Å². The van der Waals surface area contributed by atoms with Crippen LogP contribution in [0.25, 0.3) is 0 Å². The van der Waals surface area contributed by atoms with Crippen molar-refractivity contribution in [2.24, 2.45) is 5.10 Å². The summed E-state index contributed by atoms with van der Waals surface area (Å²) in [6, 6.07) is -0.704. The van der Waals surface area contributed by atoms with Crippen molar-refractivity contribution >= 4 is 30.4 Å². The third-order valence-corrected chi connectivity index (χ3v) is 3.15. The molecule has 1 aromatic heterocycles. The Morgan fingerprint density at radius 2 is 2.18 bits per heavy atom. The van der Waals surface area contributed by atoms with Crippen LogP contribution in [0.1, 0.15) is 5.56 Å². The summed E-state index contributed by atoms with van der Waals surface area (Å²) in [5.41, 5.74) is -0.845. The number of H-pyrrole nitrogens is 1. The van der Waals surface area contributed by atoms with Crippen molar-refractivity contribution in [3.8, 4) is 5.88 Å². The summed E-state index contributed by atoms with van der Waals surface area (Å²) in [6.45, 7) is 0.242. The number of hydrazone groups is 1. The SMILES string of the molecule is COCCn1c(O)c(/C=N/N2CC(=O)NC2=O)c(=O)[nH]c1=S. The highest BCUT2D eigenvalue weighted by Crippen LogP contribution is 2.11. The fourth-order valence-corrected chi connectivity index (χ4v) is 2.00. The first-order valence-electron chi connectivity index (χ1n) is 6.14. The smallest absolute Gasteiger partial charge is 0.344 e. The minimum Gasteiger partial charge on any atom is -0.494 e. The maximum atomic E-state index is 11.8. The number of methoxy groups -OCH3 is 1. The number of imide groups is 1. The predicted molar refractivity (Wildman–Crippen MR) is 77.3 cm³/mol. The topological polar surface area (TPSA) is 129 Å². The molecule has 0 radical (unpaired) electrons. The summed E-state index contributed by atoms with van der Waals surface area (Å²) < 4.78 is 6.18. The summed E-state index contributed by atoms with van der Waals surface area (Å²) >= 11 is 4.95. The average Bonchev–Trinajstić information content (AvgIpc) is 2.76. The van der Waals surface area contributed by atoms with E-state index in [0.29, 0.717) is 0 Å². The molecule has 2 rings (SSSR count). The highest BCUT2D eigenvalue weighted by atomic mass is 32.1. The molecule has 0 atom stereocenters. The number of rotatable bonds is 5. The van der Waals surface area contributed by atoms with E-state index in [2.05, 4.69) is 10.1 Å². The van der Waals surface area contributed by atoms with Crippen LogP contribution in [0.5, 0.6) is 5.88 Å². The number of nitrogens with zero attached hydrogens (tertiary/aromatic N) is 3. The Bertz CT molecular complexity index is 752. The molecule has 1 aromatic rings. The summed E-state index contributed by atoms with van der Waals surface area (Å²) in [4.78, 5) is 36.6. The number of hydrogen-bond donors (Lipinski definition) is 3. The van der Waals surface area contributed by atoms with Crippen LogP contribution in [0.15, 0.2) is 9.90 Å². The van der Waals surface area contributed by atoms with Gasteiger partial charge in [-0.3, -0.25) is 24.5 Å². The Balaban J connectivity index is 2.34. The molecule has 22 heavy (non-hydrogen) atoms. The molecule has 1 aliphatic heterocycles. The zero-order valence-corrected chi connectivity index (χ0v) is 12.3. The van der Waals surface area contributed by atoms with E-state index in [-0.39, 0.29) is 30.0 Å². The second-order valence-corrected chi connectivity index (χ2v) is 4.68. The molecule has 1 saturated heterocycles. The summed E-state index contributed by atoms with van der Waals surface area (Å²) in [7, 11) is 1.48. The first-order chi connectivity index (χ1) is 10.4. The summed E-state index contributed by atoms with van der Waals surface area (Å²) in [6.07, 6.45) is 0.990. The van der Waals surface area contributed by atoms with Crippen LogP contribution in [0, 0.1) is 4.77 Å². The number of carbonyl (C=O) groups is 2. The van der Waals surface area contributed by atoms with Crippen LogP contribution in [0.3, 0.4) is 0 Å². The largest absolute Gasteiger partial charge is 0.494 e. The van der Waals surface area contributed by atoms with E-state index in [9.17, 15) is 19.5 Å². The average molecular weight is 327 g/mol. The molecule has 3 amide bonds. The number of urea groups is 1. The minimum absolute atomic E-state index is 0.0331. The maximum absolute atomic E-state index is 11.8. The third kappa shape index (κ3) is 3.20. The van der Waals surface area contributed by atoms with Gasteiger partial charge in [-0.2, -0.15) is 5.10 Å². The lowest BCUT2D eigenvalue weighted by molar-refractivity contribution is -0.118. The number of hydrogen-bond acceptors (Lipinski definition) is 7. The first-order valence-corrected chi connectivity index (χ1v) is 6.55. The van der Waals surface area contributed by atoms with Gasteiger partial charge in [0.05, 0.1) is 19.4 Å². The van der Waals surface area contributed by atoms with Crippen molar-refractivity contribution in [2.45, 2.75) is 6.54 Å². The van der Waals surface area contributed by atoms with Crippen molar-refractivity contribution in [1.82, 2.24) is 19.9 Å². The van der Waals surface area contributed by atoms with Crippen LogP contribution in [-0.4, -0.2) is 58.1 Å². The third-order valence-electron chi connectivity index (χ3n) is 2.83. The standard InChI is InChI=1S/C11H13N5O5S/c1-21-3-2-15-9(19)6(8(18)14-11(15)22)4-12-16-5-7(17)13-10(16)20/h4,19H,2-3,5H2,1H3,(H,13,17,20)(H,14,18,22)/b12-4+. The van der Waals surface area contributed by atoms with Gasteiger partial charge in [0.25, 0.3) is 5.56 Å². The van der Waals surface area contributed by atoms with Gasteiger partial charge in [0.1, 0.15) is 12.1 Å². The maximum Gasteiger partial charge on any atom is 0.344 e. The molecule has 3 N–H and O–H groups in total. The molecule has 118 valence electrons. The lowest BCUT2D eigenvalue weighted by Crippen LogP contribution is -2.25. The number of aromatic nitrogens is 2. The van der Waals surface area contributed by atoms with Crippen molar-refractivity contribution in [3.05, 3.63) is 20.7 Å². The van der Waals surface area contributed by atoms with Gasteiger partial charge in [-0.1, -0.05) is 0 Å². The molecule has 0 aromatic carbocycles. The summed E-state index contributed by atoms with van der Waals surface area (Å²) in [5.74, 6) is -0.906. The van der Waals surface area contributed by atoms with E-state index in [4.69, 9.17) is 17.0 Å². The van der Waals surface area contributed by atoms with E-state index in [1.807, 2.05) is 5.32 Å². The molecule has 10 nitrogen and oxygen atoms in total. The Kier molecular flexibility index (Phi) is 4.68. The van der Waals surface area contributed by atoms with E-state index in [1.165, 1.54) is 11.7 Å². The normalized spacial score (nSPS) is 14.9. The fraction of sp³-hybridized carbons (Fsp3) is 0.364. The first kappa shape index (κ1) is 15.9. The molecule has 0 aliphatic carbocycles. The van der Waals surface area contributed by atoms with Gasteiger partial charge in [0, 0.05) is 7.11 Å². The second-order valence-electron chi connectivity index (χ2n) is 4.30. The number of amides is 3. The fourth-order valence-electron chi connectivity index (χ4n) is 1.73. The lowest BCUT2D eigenvalue weighted by atomic mass is 10.3. The molecule has 0 bridgehead atoms. The van der Waals surface area contributed by atoms with Crippen molar-refractivity contribution < 1.29 is 19.4 Å². The van der Waals surface area contributed by atoms with Crippen molar-refractivity contribution in [2.75, 3.05) is 20.3 Å². The van der Waals surface area contributed by atoms with E-state index in [0.717, 1.165) is 11.2 Å². The quantitative estimate of drug-likeness (QED) is 0.367. The van der Waals surface area contributed by atoms with E-state index in [1.54, 1.807) is 0 Å². The summed E-state index contributed by atoms with van der Waals surface area (Å²) in [5, 5.41) is 16.7. The van der Waals surface area contributed by atoms with E-state index < -0.39 is 23.4 Å². The van der Waals surface area contributed by atoms with Gasteiger partial charge in [0.2, 0.25) is 11.8 Å². The van der Waals surface area contributed by atoms with Crippen LogP contribution in [0.2, 0.25) is 0 Å². The number of nitrogens with one attached hydrogen (secondary N) is 2. The lowest BCUT2D eigenvalue weighted by Gasteiger charge is -2.10. The van der Waals surface area contributed by atoms with Crippen LogP contribution >= 0.6 is 12.2 Å². The van der Waals surface area contributed by atoms with Crippen LogP contribution in [0.4, 0.5) is 4.79 Å². The highest BCUT2D eigenvalue weighted by molar-refractivity contribution is 7.71. The van der Waals surface area contributed by atoms with Gasteiger partial charge < -0.3 is 9.84 Å². The molecule has 0 spiro atoms. The zero-order chi connectivity index (χ0) is 16.3. The molecule has 0 saturated carbocycles. The second kappa shape index (κ2) is 6.49. The van der Waals surface area contributed by atoms with Gasteiger partial charge in [-0.15, -0.1) is 0 Å². The zero-order valence-electron chi connectivity index (χ0n) is 11.5. The molecule has 2 heterocycles. The molecule has 1 aliphatic rings. The molecule has 0 unspecified atom stereocenters. The number of aromatic hydroxyl groups is 1. The Morgan fingerprint density at radius 3 is 2.77 bits per heavy atom. The van der Waals surface area contributed by atoms with Gasteiger partial charge in [-0.05, 0) is 12.2 Å². The van der Waals surface area contributed by atoms with Gasteiger partial charge in [0.15, 0.2) is 4.77 Å². The monoisotopic (exact) mass is 327 g/mol. The molecular formula is C11H13N5O5S. The Labute approximate surface area is 129 Å². The van der Waals surface area contributed by atoms with Gasteiger partial charge >= 0.3 is 6.03 Å².